The quantitative estimate of drug-likeness (QED) is 0.761. The summed E-state index contributed by atoms with van der Waals surface area (Å²) in [7, 11) is 0. The normalized spacial score (nSPS) is 18.4. The number of aliphatic carboxylic acids is 1. The Morgan fingerprint density at radius 2 is 1.90 bits per heavy atom. The number of hydrogen-bond acceptors (Lipinski definition) is 3. The van der Waals surface area contributed by atoms with Crippen LogP contribution in [-0.2, 0) is 4.79 Å². The fourth-order valence-corrected chi connectivity index (χ4v) is 2.73. The van der Waals surface area contributed by atoms with E-state index in [4.69, 9.17) is 0 Å². The van der Waals surface area contributed by atoms with Crippen LogP contribution in [0.15, 0.2) is 0 Å². The molecule has 122 valence electrons. The van der Waals surface area contributed by atoms with Gasteiger partial charge in [0.05, 0.1) is 5.41 Å². The van der Waals surface area contributed by atoms with Crippen molar-refractivity contribution in [3.63, 3.8) is 0 Å². The van der Waals surface area contributed by atoms with E-state index in [1.54, 1.807) is 6.92 Å². The maximum atomic E-state index is 11.9. The minimum Gasteiger partial charge on any atom is -0.481 e. The predicted octanol–water partition coefficient (Wildman–Crippen LogP) is 2.53. The molecule has 0 bridgehead atoms. The van der Waals surface area contributed by atoms with Crippen LogP contribution in [0.1, 0.15) is 26.2 Å². The number of carbonyl (C=O) groups is 2. The van der Waals surface area contributed by atoms with Crippen LogP contribution in [0.25, 0.3) is 0 Å². The number of urea groups is 1. The molecule has 0 aliphatic carbocycles. The molecule has 1 rings (SSSR count). The minimum atomic E-state index is -4.29. The second-order valence-corrected chi connectivity index (χ2v) is 6.11. The number of amides is 2. The monoisotopic (exact) mass is 328 g/mol. The van der Waals surface area contributed by atoms with Gasteiger partial charge in [0.2, 0.25) is 0 Å². The number of carbonyl (C=O) groups excluding carboxylic acids is 1. The van der Waals surface area contributed by atoms with Crippen LogP contribution in [0.4, 0.5) is 18.0 Å². The predicted molar refractivity (Wildman–Crippen MR) is 73.1 cm³/mol. The van der Waals surface area contributed by atoms with Crippen molar-refractivity contribution in [2.24, 2.45) is 5.41 Å². The maximum Gasteiger partial charge on any atom is 0.441 e. The molecular formula is C12H19F3N2O3S. The van der Waals surface area contributed by atoms with Crippen molar-refractivity contribution in [3.05, 3.63) is 0 Å². The number of rotatable bonds is 5. The molecule has 0 aromatic carbocycles. The summed E-state index contributed by atoms with van der Waals surface area (Å²) in [5, 5.41) is 11.7. The van der Waals surface area contributed by atoms with Crippen LogP contribution in [0.2, 0.25) is 0 Å². The Kier molecular flexibility index (Phi) is 6.18. The zero-order valence-corrected chi connectivity index (χ0v) is 12.5. The Labute approximate surface area is 125 Å². The molecule has 0 aromatic heterocycles. The number of piperidine rings is 1. The van der Waals surface area contributed by atoms with Crippen LogP contribution >= 0.6 is 11.8 Å². The molecule has 1 heterocycles. The van der Waals surface area contributed by atoms with Gasteiger partial charge < -0.3 is 15.3 Å². The number of thioether (sulfide) groups is 1. The summed E-state index contributed by atoms with van der Waals surface area (Å²) in [6, 6.07) is -0.437. The summed E-state index contributed by atoms with van der Waals surface area (Å²) in [6.45, 7) is 2.34. The number of nitrogens with zero attached hydrogens (tertiary/aromatic N) is 1. The molecule has 0 radical (unpaired) electrons. The summed E-state index contributed by atoms with van der Waals surface area (Å²) in [5.41, 5.74) is -5.08. The Morgan fingerprint density at radius 1 is 1.33 bits per heavy atom. The third-order valence-electron chi connectivity index (χ3n) is 3.78. The average molecular weight is 328 g/mol. The van der Waals surface area contributed by atoms with Crippen molar-refractivity contribution in [2.45, 2.75) is 31.7 Å². The first-order valence-corrected chi connectivity index (χ1v) is 7.65. The van der Waals surface area contributed by atoms with Gasteiger partial charge in [0.15, 0.2) is 0 Å². The molecule has 0 spiro atoms. The summed E-state index contributed by atoms with van der Waals surface area (Å²) in [5.74, 6) is -1.09. The number of likely N-dealkylation sites (tertiary alicyclic amines) is 1. The van der Waals surface area contributed by atoms with E-state index < -0.39 is 22.9 Å². The van der Waals surface area contributed by atoms with Gasteiger partial charge in [-0.2, -0.15) is 13.2 Å². The van der Waals surface area contributed by atoms with Crippen molar-refractivity contribution < 1.29 is 27.9 Å². The van der Waals surface area contributed by atoms with Crippen LogP contribution in [0.5, 0.6) is 0 Å². The number of hydrogen-bond donors (Lipinski definition) is 2. The lowest BCUT2D eigenvalue weighted by Crippen LogP contribution is -2.49. The maximum absolute atomic E-state index is 11.9. The third kappa shape index (κ3) is 5.29. The highest BCUT2D eigenvalue weighted by molar-refractivity contribution is 8.00. The zero-order chi connectivity index (χ0) is 16.1. The second kappa shape index (κ2) is 7.24. The van der Waals surface area contributed by atoms with E-state index in [0.717, 1.165) is 0 Å². The highest BCUT2D eigenvalue weighted by Gasteiger charge is 2.40. The minimum absolute atomic E-state index is 0.0721. The van der Waals surface area contributed by atoms with Crippen LogP contribution in [0, 0.1) is 5.41 Å². The summed E-state index contributed by atoms with van der Waals surface area (Å²) in [6.07, 6.45) is 1.23. The van der Waals surface area contributed by atoms with E-state index in [-0.39, 0.29) is 24.1 Å². The van der Waals surface area contributed by atoms with E-state index in [1.165, 1.54) is 4.90 Å². The molecule has 0 aromatic rings. The van der Waals surface area contributed by atoms with E-state index in [1.807, 2.05) is 0 Å². The topological polar surface area (TPSA) is 69.6 Å². The van der Waals surface area contributed by atoms with E-state index in [2.05, 4.69) is 5.32 Å². The van der Waals surface area contributed by atoms with Gasteiger partial charge in [-0.05, 0) is 31.0 Å². The van der Waals surface area contributed by atoms with Crippen molar-refractivity contribution in [3.8, 4) is 0 Å². The van der Waals surface area contributed by atoms with E-state index in [0.29, 0.717) is 32.4 Å². The van der Waals surface area contributed by atoms with Crippen molar-refractivity contribution in [1.82, 2.24) is 10.2 Å². The standard InChI is InChI=1S/C12H19F3N2O3S/c1-2-11(9(18)19)3-6-17(7-4-11)10(20)16-5-8-21-12(13,14)15/h2-8H2,1H3,(H,16,20)(H,18,19). The molecule has 0 atom stereocenters. The number of carboxylic acids is 1. The van der Waals surface area contributed by atoms with Gasteiger partial charge >= 0.3 is 17.5 Å². The van der Waals surface area contributed by atoms with Gasteiger partial charge in [-0.1, -0.05) is 6.92 Å². The van der Waals surface area contributed by atoms with Gasteiger partial charge in [0, 0.05) is 25.4 Å². The molecule has 1 saturated heterocycles. The summed E-state index contributed by atoms with van der Waals surface area (Å²) < 4.78 is 35.8. The Bertz CT molecular complexity index is 382. The Morgan fingerprint density at radius 3 is 2.33 bits per heavy atom. The SMILES string of the molecule is CCC1(C(=O)O)CCN(C(=O)NCCSC(F)(F)F)CC1. The van der Waals surface area contributed by atoms with Gasteiger partial charge in [-0.25, -0.2) is 4.79 Å². The number of halogens is 3. The first-order chi connectivity index (χ1) is 9.70. The van der Waals surface area contributed by atoms with E-state index >= 15 is 0 Å². The largest absolute Gasteiger partial charge is 0.481 e. The van der Waals surface area contributed by atoms with Crippen molar-refractivity contribution >= 4 is 23.8 Å². The summed E-state index contributed by atoms with van der Waals surface area (Å²) >= 11 is -0.181. The van der Waals surface area contributed by atoms with Crippen LogP contribution in [-0.4, -0.2) is 52.9 Å². The lowest BCUT2D eigenvalue weighted by molar-refractivity contribution is -0.151. The second-order valence-electron chi connectivity index (χ2n) is 4.95. The zero-order valence-electron chi connectivity index (χ0n) is 11.7. The fraction of sp³-hybridized carbons (Fsp3) is 0.833. The fourth-order valence-electron chi connectivity index (χ4n) is 2.29. The van der Waals surface area contributed by atoms with Crippen molar-refractivity contribution in [2.75, 3.05) is 25.4 Å². The van der Waals surface area contributed by atoms with E-state index in [9.17, 15) is 27.9 Å². The lowest BCUT2D eigenvalue weighted by atomic mass is 9.76. The van der Waals surface area contributed by atoms with Gasteiger partial charge in [0.1, 0.15) is 0 Å². The van der Waals surface area contributed by atoms with Gasteiger partial charge in [-0.15, -0.1) is 0 Å². The van der Waals surface area contributed by atoms with Gasteiger partial charge in [0.25, 0.3) is 0 Å². The molecule has 1 aliphatic rings. The molecular weight excluding hydrogens is 309 g/mol. The number of carboxylic acid groups (broad SMARTS) is 1. The first kappa shape index (κ1) is 17.9. The van der Waals surface area contributed by atoms with Crippen molar-refractivity contribution in [1.29, 1.82) is 0 Å². The lowest BCUT2D eigenvalue weighted by Gasteiger charge is -2.38. The smallest absolute Gasteiger partial charge is 0.441 e. The van der Waals surface area contributed by atoms with Gasteiger partial charge in [-0.3, -0.25) is 4.79 Å². The van der Waals surface area contributed by atoms with Crippen LogP contribution < -0.4 is 5.32 Å². The third-order valence-corrected chi connectivity index (χ3v) is 4.52. The molecule has 1 fully saturated rings. The Balaban J connectivity index is 2.34. The molecule has 5 nitrogen and oxygen atoms in total. The molecule has 1 aliphatic heterocycles. The Hall–Kier alpha value is -1.12. The number of alkyl halides is 3. The average Bonchev–Trinajstić information content (AvgIpc) is 2.42. The molecule has 9 heteroatoms. The molecule has 2 amide bonds. The van der Waals surface area contributed by atoms with Crippen LogP contribution in [0.3, 0.4) is 0 Å². The molecule has 0 unspecified atom stereocenters. The number of nitrogens with one attached hydrogen (secondary N) is 1. The first-order valence-electron chi connectivity index (χ1n) is 6.67. The molecule has 0 saturated carbocycles. The summed E-state index contributed by atoms with van der Waals surface area (Å²) in [4.78, 5) is 24.5. The molecule has 21 heavy (non-hydrogen) atoms. The highest BCUT2D eigenvalue weighted by Crippen LogP contribution is 2.35. The highest BCUT2D eigenvalue weighted by atomic mass is 32.2. The molecule has 2 N–H and O–H groups in total.